The third-order valence-electron chi connectivity index (χ3n) is 2.43. The standard InChI is InChI=1S/C13H15NO5/c1-19-12(17)8-10(7-11(15)16)14-13(18)9-5-3-2-4-6-9/h2-6,10H,7-8H2,1H3,(H,14,18)(H,15,16)/t10-/m0/s1. The second-order valence-electron chi connectivity index (χ2n) is 3.91. The van der Waals surface area contributed by atoms with E-state index in [-0.39, 0.29) is 12.8 Å². The SMILES string of the molecule is COC(=O)C[C@H](CC(=O)O)NC(=O)c1ccccc1. The number of benzene rings is 1. The van der Waals surface area contributed by atoms with Gasteiger partial charge in [-0.05, 0) is 12.1 Å². The summed E-state index contributed by atoms with van der Waals surface area (Å²) in [4.78, 5) is 33.7. The molecule has 0 aliphatic rings. The molecule has 0 aliphatic carbocycles. The highest BCUT2D eigenvalue weighted by atomic mass is 16.5. The first-order valence-electron chi connectivity index (χ1n) is 5.67. The van der Waals surface area contributed by atoms with Crippen LogP contribution in [0.25, 0.3) is 0 Å². The number of hydrogen-bond donors (Lipinski definition) is 2. The molecule has 1 atom stereocenters. The van der Waals surface area contributed by atoms with Crippen molar-refractivity contribution in [3.8, 4) is 0 Å². The molecule has 1 aromatic rings. The third-order valence-corrected chi connectivity index (χ3v) is 2.43. The number of nitrogens with one attached hydrogen (secondary N) is 1. The molecular formula is C13H15NO5. The highest BCUT2D eigenvalue weighted by Gasteiger charge is 2.20. The molecule has 0 heterocycles. The number of carbonyl (C=O) groups is 3. The second kappa shape index (κ2) is 7.15. The van der Waals surface area contributed by atoms with Gasteiger partial charge in [0.2, 0.25) is 0 Å². The minimum absolute atomic E-state index is 0.179. The molecule has 6 nitrogen and oxygen atoms in total. The summed E-state index contributed by atoms with van der Waals surface area (Å²) in [6.07, 6.45) is -0.519. The number of carbonyl (C=O) groups excluding carboxylic acids is 2. The monoisotopic (exact) mass is 265 g/mol. The van der Waals surface area contributed by atoms with E-state index in [1.54, 1.807) is 30.3 Å². The molecule has 1 rings (SSSR count). The Labute approximate surface area is 110 Å². The average Bonchev–Trinajstić information content (AvgIpc) is 2.38. The van der Waals surface area contributed by atoms with Crippen LogP contribution < -0.4 is 5.32 Å². The fourth-order valence-corrected chi connectivity index (χ4v) is 1.53. The van der Waals surface area contributed by atoms with Crippen LogP contribution in [0, 0.1) is 0 Å². The Morgan fingerprint density at radius 1 is 1.21 bits per heavy atom. The van der Waals surface area contributed by atoms with Gasteiger partial charge in [-0.25, -0.2) is 0 Å². The molecule has 0 aromatic heterocycles. The molecule has 0 unspecified atom stereocenters. The number of carboxylic acid groups (broad SMARTS) is 1. The number of methoxy groups -OCH3 is 1. The van der Waals surface area contributed by atoms with Gasteiger partial charge >= 0.3 is 11.9 Å². The smallest absolute Gasteiger partial charge is 0.307 e. The van der Waals surface area contributed by atoms with Crippen LogP contribution in [-0.2, 0) is 14.3 Å². The van der Waals surface area contributed by atoms with Gasteiger partial charge in [-0.2, -0.15) is 0 Å². The van der Waals surface area contributed by atoms with Gasteiger partial charge in [-0.3, -0.25) is 14.4 Å². The number of hydrogen-bond acceptors (Lipinski definition) is 4. The normalized spacial score (nSPS) is 11.4. The molecule has 0 fully saturated rings. The summed E-state index contributed by atoms with van der Waals surface area (Å²) in [7, 11) is 1.21. The Morgan fingerprint density at radius 3 is 2.37 bits per heavy atom. The van der Waals surface area contributed by atoms with Crippen molar-refractivity contribution in [1.29, 1.82) is 0 Å². The zero-order valence-electron chi connectivity index (χ0n) is 10.5. The Kier molecular flexibility index (Phi) is 5.53. The predicted octanol–water partition coefficient (Wildman–Crippen LogP) is 0.823. The Balaban J connectivity index is 2.68. The molecule has 1 aromatic carbocycles. The predicted molar refractivity (Wildman–Crippen MR) is 66.6 cm³/mol. The van der Waals surface area contributed by atoms with E-state index in [9.17, 15) is 14.4 Å². The maximum absolute atomic E-state index is 11.9. The lowest BCUT2D eigenvalue weighted by atomic mass is 10.1. The second-order valence-corrected chi connectivity index (χ2v) is 3.91. The molecule has 102 valence electrons. The molecule has 0 bridgehead atoms. The molecular weight excluding hydrogens is 250 g/mol. The van der Waals surface area contributed by atoms with E-state index >= 15 is 0 Å². The molecule has 19 heavy (non-hydrogen) atoms. The topological polar surface area (TPSA) is 92.7 Å². The number of esters is 1. The largest absolute Gasteiger partial charge is 0.481 e. The van der Waals surface area contributed by atoms with Crippen molar-refractivity contribution >= 4 is 17.8 Å². The number of ether oxygens (including phenoxy) is 1. The minimum atomic E-state index is -1.10. The molecule has 2 N–H and O–H groups in total. The molecule has 0 radical (unpaired) electrons. The number of amides is 1. The molecule has 0 saturated carbocycles. The summed E-state index contributed by atoms with van der Waals surface area (Å²) in [6.45, 7) is 0. The summed E-state index contributed by atoms with van der Waals surface area (Å²) in [6, 6.07) is 7.57. The van der Waals surface area contributed by atoms with Crippen molar-refractivity contribution in [2.45, 2.75) is 18.9 Å². The molecule has 0 aliphatic heterocycles. The van der Waals surface area contributed by atoms with Crippen LogP contribution in [0.4, 0.5) is 0 Å². The zero-order chi connectivity index (χ0) is 14.3. The van der Waals surface area contributed by atoms with Crippen molar-refractivity contribution in [3.63, 3.8) is 0 Å². The van der Waals surface area contributed by atoms with Gasteiger partial charge in [0.1, 0.15) is 0 Å². The summed E-state index contributed by atoms with van der Waals surface area (Å²) < 4.78 is 4.47. The van der Waals surface area contributed by atoms with Crippen molar-refractivity contribution in [2.75, 3.05) is 7.11 Å². The van der Waals surface area contributed by atoms with E-state index in [1.165, 1.54) is 7.11 Å². The average molecular weight is 265 g/mol. The van der Waals surface area contributed by atoms with E-state index in [0.717, 1.165) is 0 Å². The summed E-state index contributed by atoms with van der Waals surface area (Å²) in [5.41, 5.74) is 0.405. The molecule has 1 amide bonds. The first kappa shape index (κ1) is 14.7. The van der Waals surface area contributed by atoms with Gasteiger partial charge in [-0.15, -0.1) is 0 Å². The van der Waals surface area contributed by atoms with Crippen LogP contribution in [-0.4, -0.2) is 36.1 Å². The van der Waals surface area contributed by atoms with Crippen LogP contribution in [0.5, 0.6) is 0 Å². The van der Waals surface area contributed by atoms with Gasteiger partial charge in [0.15, 0.2) is 0 Å². The highest BCUT2D eigenvalue weighted by Crippen LogP contribution is 2.04. The van der Waals surface area contributed by atoms with E-state index in [1.807, 2.05) is 0 Å². The van der Waals surface area contributed by atoms with Gasteiger partial charge in [0.05, 0.1) is 26.0 Å². The first-order chi connectivity index (χ1) is 9.02. The van der Waals surface area contributed by atoms with Gasteiger partial charge in [0.25, 0.3) is 5.91 Å². The van der Waals surface area contributed by atoms with Crippen LogP contribution in [0.3, 0.4) is 0 Å². The first-order valence-corrected chi connectivity index (χ1v) is 5.67. The summed E-state index contributed by atoms with van der Waals surface area (Å²) >= 11 is 0. The Hall–Kier alpha value is -2.37. The third kappa shape index (κ3) is 5.20. The van der Waals surface area contributed by atoms with Crippen LogP contribution in [0.2, 0.25) is 0 Å². The number of rotatable bonds is 6. The maximum Gasteiger partial charge on any atom is 0.307 e. The van der Waals surface area contributed by atoms with Crippen molar-refractivity contribution in [3.05, 3.63) is 35.9 Å². The van der Waals surface area contributed by atoms with Gasteiger partial charge in [0, 0.05) is 5.56 Å². The summed E-state index contributed by atoms with van der Waals surface area (Å²) in [5.74, 6) is -2.09. The van der Waals surface area contributed by atoms with Crippen molar-refractivity contribution in [1.82, 2.24) is 5.32 Å². The Bertz CT molecular complexity index is 457. The fraction of sp³-hybridized carbons (Fsp3) is 0.308. The van der Waals surface area contributed by atoms with E-state index in [2.05, 4.69) is 10.1 Å². The fourth-order valence-electron chi connectivity index (χ4n) is 1.53. The highest BCUT2D eigenvalue weighted by molar-refractivity contribution is 5.94. The number of aliphatic carboxylic acids is 1. The number of carboxylic acids is 1. The van der Waals surface area contributed by atoms with Gasteiger partial charge < -0.3 is 15.2 Å². The lowest BCUT2D eigenvalue weighted by molar-refractivity contribution is -0.142. The van der Waals surface area contributed by atoms with Crippen LogP contribution in [0.15, 0.2) is 30.3 Å². The van der Waals surface area contributed by atoms with Crippen LogP contribution in [0.1, 0.15) is 23.2 Å². The van der Waals surface area contributed by atoms with Crippen molar-refractivity contribution in [2.24, 2.45) is 0 Å². The van der Waals surface area contributed by atoms with E-state index in [4.69, 9.17) is 5.11 Å². The quantitative estimate of drug-likeness (QED) is 0.743. The zero-order valence-corrected chi connectivity index (χ0v) is 10.5. The molecule has 0 spiro atoms. The van der Waals surface area contributed by atoms with E-state index < -0.39 is 23.9 Å². The van der Waals surface area contributed by atoms with Crippen molar-refractivity contribution < 1.29 is 24.2 Å². The minimum Gasteiger partial charge on any atom is -0.481 e. The summed E-state index contributed by atoms with van der Waals surface area (Å²) in [5, 5.41) is 11.3. The Morgan fingerprint density at radius 2 is 1.84 bits per heavy atom. The van der Waals surface area contributed by atoms with E-state index in [0.29, 0.717) is 5.56 Å². The molecule has 6 heteroatoms. The van der Waals surface area contributed by atoms with Crippen LogP contribution >= 0.6 is 0 Å². The lowest BCUT2D eigenvalue weighted by Crippen LogP contribution is -2.38. The maximum atomic E-state index is 11.9. The van der Waals surface area contributed by atoms with Gasteiger partial charge in [-0.1, -0.05) is 18.2 Å². The lowest BCUT2D eigenvalue weighted by Gasteiger charge is -2.15. The molecule has 0 saturated heterocycles.